The standard InChI is InChI=1S/C4H9NO.CH4O3S/c1-3-4(6)5-2;1-5(2,3)4/h3H2,1-2H3,(H,5,6);1H3,(H,2,3,4). The molecular weight excluding hydrogens is 170 g/mol. The molecule has 0 bridgehead atoms. The quantitative estimate of drug-likeness (QED) is 0.544. The number of hydrogen-bond acceptors (Lipinski definition) is 3. The van der Waals surface area contributed by atoms with E-state index in [-0.39, 0.29) is 5.91 Å². The maximum absolute atomic E-state index is 10.1. The first-order chi connectivity index (χ1) is 4.81. The summed E-state index contributed by atoms with van der Waals surface area (Å²) < 4.78 is 25.9. The first-order valence-electron chi connectivity index (χ1n) is 2.94. The monoisotopic (exact) mass is 183 g/mol. The van der Waals surface area contributed by atoms with Crippen molar-refractivity contribution in [2.45, 2.75) is 13.3 Å². The van der Waals surface area contributed by atoms with Crippen molar-refractivity contribution in [3.8, 4) is 0 Å². The fourth-order valence-corrected chi connectivity index (χ4v) is 0.177. The van der Waals surface area contributed by atoms with E-state index in [0.717, 1.165) is 0 Å². The predicted octanol–water partition coefficient (Wildman–Crippen LogP) is -0.354. The van der Waals surface area contributed by atoms with E-state index in [9.17, 15) is 13.2 Å². The fourth-order valence-electron chi connectivity index (χ4n) is 0.177. The molecule has 0 aromatic heterocycles. The molecule has 0 aliphatic rings. The minimum atomic E-state index is -3.67. The van der Waals surface area contributed by atoms with E-state index >= 15 is 0 Å². The Hall–Kier alpha value is -0.620. The number of rotatable bonds is 1. The highest BCUT2D eigenvalue weighted by Gasteiger charge is 1.84. The molecule has 0 aromatic rings. The maximum Gasteiger partial charge on any atom is 0.261 e. The van der Waals surface area contributed by atoms with Crippen molar-refractivity contribution in [1.82, 2.24) is 5.32 Å². The average molecular weight is 183 g/mol. The molecule has 68 valence electrons. The topological polar surface area (TPSA) is 83.5 Å². The molecule has 5 nitrogen and oxygen atoms in total. The molecule has 0 aromatic carbocycles. The van der Waals surface area contributed by atoms with Crippen molar-refractivity contribution in [2.24, 2.45) is 0 Å². The van der Waals surface area contributed by atoms with E-state index in [0.29, 0.717) is 12.7 Å². The van der Waals surface area contributed by atoms with Gasteiger partial charge in [-0.1, -0.05) is 6.92 Å². The van der Waals surface area contributed by atoms with Crippen LogP contribution in [0.4, 0.5) is 0 Å². The lowest BCUT2D eigenvalue weighted by Gasteiger charge is -1.87. The van der Waals surface area contributed by atoms with Crippen molar-refractivity contribution < 1.29 is 17.8 Å². The molecule has 0 spiro atoms. The number of carbonyl (C=O) groups is 1. The maximum atomic E-state index is 10.1. The van der Waals surface area contributed by atoms with Crippen molar-refractivity contribution in [1.29, 1.82) is 0 Å². The van der Waals surface area contributed by atoms with Crippen LogP contribution in [0.2, 0.25) is 0 Å². The molecule has 0 heterocycles. The van der Waals surface area contributed by atoms with Gasteiger partial charge in [-0.25, -0.2) is 0 Å². The van der Waals surface area contributed by atoms with Crippen LogP contribution in [0.25, 0.3) is 0 Å². The Morgan fingerprint density at radius 1 is 1.55 bits per heavy atom. The molecule has 6 heteroatoms. The second kappa shape index (κ2) is 6.11. The lowest BCUT2D eigenvalue weighted by Crippen LogP contribution is -2.15. The van der Waals surface area contributed by atoms with Gasteiger partial charge in [-0.2, -0.15) is 8.42 Å². The summed E-state index contributed by atoms with van der Waals surface area (Å²) in [5.41, 5.74) is 0. The second-order valence-electron chi connectivity index (χ2n) is 1.76. The van der Waals surface area contributed by atoms with Crippen LogP contribution in [-0.2, 0) is 14.9 Å². The van der Waals surface area contributed by atoms with Crippen molar-refractivity contribution >= 4 is 16.0 Å². The van der Waals surface area contributed by atoms with E-state index in [2.05, 4.69) is 5.32 Å². The van der Waals surface area contributed by atoms with Gasteiger partial charge in [0, 0.05) is 13.5 Å². The van der Waals surface area contributed by atoms with Gasteiger partial charge in [-0.15, -0.1) is 0 Å². The van der Waals surface area contributed by atoms with Gasteiger partial charge in [0.1, 0.15) is 0 Å². The largest absolute Gasteiger partial charge is 0.359 e. The van der Waals surface area contributed by atoms with Gasteiger partial charge in [0.05, 0.1) is 6.26 Å². The Balaban J connectivity index is 0. The zero-order chi connectivity index (χ0) is 9.49. The molecular formula is C5H13NO4S. The van der Waals surface area contributed by atoms with Crippen LogP contribution in [-0.4, -0.2) is 32.2 Å². The number of amides is 1. The molecule has 2 N–H and O–H groups in total. The second-order valence-corrected chi connectivity index (χ2v) is 3.23. The van der Waals surface area contributed by atoms with Gasteiger partial charge < -0.3 is 5.32 Å². The summed E-state index contributed by atoms with van der Waals surface area (Å²) in [5, 5.41) is 2.48. The van der Waals surface area contributed by atoms with Crippen LogP contribution in [0, 0.1) is 0 Å². The van der Waals surface area contributed by atoms with Gasteiger partial charge in [0.2, 0.25) is 5.91 Å². The van der Waals surface area contributed by atoms with Crippen LogP contribution in [0.3, 0.4) is 0 Å². The third-order valence-electron chi connectivity index (χ3n) is 0.600. The number of carbonyl (C=O) groups excluding carboxylic acids is 1. The number of nitrogens with one attached hydrogen (secondary N) is 1. The van der Waals surface area contributed by atoms with Crippen molar-refractivity contribution in [3.05, 3.63) is 0 Å². The van der Waals surface area contributed by atoms with Crippen molar-refractivity contribution in [3.63, 3.8) is 0 Å². The Bertz CT molecular complexity index is 183. The van der Waals surface area contributed by atoms with E-state index < -0.39 is 10.1 Å². The van der Waals surface area contributed by atoms with Gasteiger partial charge in [-0.05, 0) is 0 Å². The minimum absolute atomic E-state index is 0.0926. The molecule has 0 unspecified atom stereocenters. The van der Waals surface area contributed by atoms with Crippen LogP contribution < -0.4 is 5.32 Å². The summed E-state index contributed by atoms with van der Waals surface area (Å²) in [6.07, 6.45) is 1.30. The first-order valence-corrected chi connectivity index (χ1v) is 4.79. The highest BCUT2D eigenvalue weighted by molar-refractivity contribution is 7.85. The molecule has 0 atom stereocenters. The lowest BCUT2D eigenvalue weighted by atomic mass is 10.5. The molecule has 1 amide bonds. The highest BCUT2D eigenvalue weighted by atomic mass is 32.2. The molecule has 0 saturated carbocycles. The third kappa shape index (κ3) is 44.7. The van der Waals surface area contributed by atoms with Gasteiger partial charge in [0.25, 0.3) is 10.1 Å². The molecule has 0 radical (unpaired) electrons. The zero-order valence-electron chi connectivity index (χ0n) is 6.79. The molecule has 11 heavy (non-hydrogen) atoms. The van der Waals surface area contributed by atoms with E-state index in [1.807, 2.05) is 6.92 Å². The molecule has 0 saturated heterocycles. The summed E-state index contributed by atoms with van der Waals surface area (Å²) in [6, 6.07) is 0. The normalized spacial score (nSPS) is 9.45. The molecule has 0 rings (SSSR count). The Morgan fingerprint density at radius 2 is 1.82 bits per heavy atom. The SMILES string of the molecule is CCC(=O)NC.CS(=O)(=O)O. The molecule has 0 fully saturated rings. The molecule has 0 aliphatic carbocycles. The van der Waals surface area contributed by atoms with Crippen LogP contribution in [0.15, 0.2) is 0 Å². The molecule has 0 aliphatic heterocycles. The zero-order valence-corrected chi connectivity index (χ0v) is 7.60. The van der Waals surface area contributed by atoms with Gasteiger partial charge in [0.15, 0.2) is 0 Å². The summed E-state index contributed by atoms with van der Waals surface area (Å²) >= 11 is 0. The third-order valence-corrected chi connectivity index (χ3v) is 0.600. The van der Waals surface area contributed by atoms with E-state index in [4.69, 9.17) is 4.55 Å². The Morgan fingerprint density at radius 3 is 1.82 bits per heavy atom. The summed E-state index contributed by atoms with van der Waals surface area (Å²) in [6.45, 7) is 1.82. The summed E-state index contributed by atoms with van der Waals surface area (Å²) in [4.78, 5) is 10.1. The summed E-state index contributed by atoms with van der Waals surface area (Å²) in [5.74, 6) is 0.0926. The summed E-state index contributed by atoms with van der Waals surface area (Å²) in [7, 11) is -2.04. The van der Waals surface area contributed by atoms with Gasteiger partial charge >= 0.3 is 0 Å². The Labute approximate surface area is 66.5 Å². The predicted molar refractivity (Wildman–Crippen MR) is 41.8 cm³/mol. The van der Waals surface area contributed by atoms with E-state index in [1.165, 1.54) is 0 Å². The highest BCUT2D eigenvalue weighted by Crippen LogP contribution is 1.68. The van der Waals surface area contributed by atoms with Gasteiger partial charge in [-0.3, -0.25) is 9.35 Å². The van der Waals surface area contributed by atoms with Crippen molar-refractivity contribution in [2.75, 3.05) is 13.3 Å². The first kappa shape index (κ1) is 13.0. The number of hydrogen-bond donors (Lipinski definition) is 2. The average Bonchev–Trinajstić information content (AvgIpc) is 1.83. The van der Waals surface area contributed by atoms with Crippen LogP contribution in [0.5, 0.6) is 0 Å². The van der Waals surface area contributed by atoms with Crippen LogP contribution >= 0.6 is 0 Å². The lowest BCUT2D eigenvalue weighted by molar-refractivity contribution is -0.120. The smallest absolute Gasteiger partial charge is 0.261 e. The van der Waals surface area contributed by atoms with Crippen LogP contribution in [0.1, 0.15) is 13.3 Å². The Kier molecular flexibility index (Phi) is 7.23. The minimum Gasteiger partial charge on any atom is -0.359 e. The van der Waals surface area contributed by atoms with E-state index in [1.54, 1.807) is 7.05 Å². The fraction of sp³-hybridized carbons (Fsp3) is 0.800.